The fourth-order valence-electron chi connectivity index (χ4n) is 9.88. The Balaban J connectivity index is 0.990. The monoisotopic (exact) mass is 867 g/mol. The van der Waals surface area contributed by atoms with Crippen molar-refractivity contribution in [2.24, 2.45) is 0 Å². The van der Waals surface area contributed by atoms with Crippen LogP contribution in [0.25, 0.3) is 123 Å². The van der Waals surface area contributed by atoms with E-state index in [1.165, 1.54) is 54.8 Å². The van der Waals surface area contributed by atoms with E-state index in [1.54, 1.807) is 0 Å². The maximum absolute atomic E-state index is 5.08. The van der Waals surface area contributed by atoms with Crippen LogP contribution >= 0.6 is 0 Å². The van der Waals surface area contributed by atoms with E-state index in [2.05, 4.69) is 197 Å². The van der Waals surface area contributed by atoms with Crippen molar-refractivity contribution in [3.05, 3.63) is 249 Å². The molecular weight excluding hydrogens is 827 g/mol. The molecule has 13 rings (SSSR count). The summed E-state index contributed by atoms with van der Waals surface area (Å²) in [6, 6.07) is 88.5. The zero-order chi connectivity index (χ0) is 45.0. The first-order valence-electron chi connectivity index (χ1n) is 23.0. The summed E-state index contributed by atoms with van der Waals surface area (Å²) >= 11 is 0. The van der Waals surface area contributed by atoms with E-state index >= 15 is 0 Å². The van der Waals surface area contributed by atoms with E-state index in [-0.39, 0.29) is 0 Å². The third-order valence-corrected chi connectivity index (χ3v) is 13.2. The molecule has 0 fully saturated rings. The predicted molar refractivity (Wildman–Crippen MR) is 281 cm³/mol. The number of para-hydroxylation sites is 1. The molecule has 318 valence electrons. The molecule has 0 bridgehead atoms. The lowest BCUT2D eigenvalue weighted by Gasteiger charge is -2.12. The highest BCUT2D eigenvalue weighted by molar-refractivity contribution is 6.14. The summed E-state index contributed by atoms with van der Waals surface area (Å²) in [6.45, 7) is 0. The van der Waals surface area contributed by atoms with Crippen molar-refractivity contribution >= 4 is 43.6 Å². The summed E-state index contributed by atoms with van der Waals surface area (Å²) in [5.74, 6) is 1.89. The minimum atomic E-state index is 0.619. The molecule has 0 aliphatic heterocycles. The lowest BCUT2D eigenvalue weighted by atomic mass is 9.98. The SMILES string of the molecule is c1ccc(-c2ccc3c(c2)c2cc(-c4ccc5c(c4)c4cc(-c6ccccc6)ccc4n5-c4cccc(-c5nc(-c6ccccc6)nc(-c6ccccc6)n5)c4)ccc2n3-c2ccccc2)cc1. The minimum Gasteiger partial charge on any atom is -0.309 e. The van der Waals surface area contributed by atoms with Gasteiger partial charge < -0.3 is 9.13 Å². The van der Waals surface area contributed by atoms with Gasteiger partial charge in [0, 0.05) is 49.6 Å². The Hall–Kier alpha value is -9.19. The van der Waals surface area contributed by atoms with E-state index < -0.39 is 0 Å². The number of fused-ring (bicyclic) bond motifs is 6. The quantitative estimate of drug-likeness (QED) is 0.153. The third kappa shape index (κ3) is 6.84. The van der Waals surface area contributed by atoms with Crippen molar-refractivity contribution in [2.75, 3.05) is 0 Å². The summed E-state index contributed by atoms with van der Waals surface area (Å²) in [7, 11) is 0. The predicted octanol–water partition coefficient (Wildman–Crippen LogP) is 16.1. The second kappa shape index (κ2) is 16.4. The molecule has 0 N–H and O–H groups in total. The number of benzene rings is 10. The number of hydrogen-bond acceptors (Lipinski definition) is 3. The van der Waals surface area contributed by atoms with Gasteiger partial charge in [-0.25, -0.2) is 15.0 Å². The molecule has 3 aromatic heterocycles. The molecular formula is C63H41N5. The molecule has 13 aromatic rings. The Morgan fingerprint density at radius 2 is 0.500 bits per heavy atom. The molecule has 0 saturated carbocycles. The van der Waals surface area contributed by atoms with Crippen LogP contribution in [0.4, 0.5) is 0 Å². The molecule has 68 heavy (non-hydrogen) atoms. The molecule has 0 unspecified atom stereocenters. The van der Waals surface area contributed by atoms with Crippen molar-refractivity contribution in [1.29, 1.82) is 0 Å². The van der Waals surface area contributed by atoms with Gasteiger partial charge in [-0.2, -0.15) is 0 Å². The van der Waals surface area contributed by atoms with Crippen LogP contribution in [0.2, 0.25) is 0 Å². The zero-order valence-electron chi connectivity index (χ0n) is 36.9. The van der Waals surface area contributed by atoms with Crippen LogP contribution in [0.15, 0.2) is 249 Å². The van der Waals surface area contributed by atoms with Crippen LogP contribution in [0.1, 0.15) is 0 Å². The van der Waals surface area contributed by atoms with E-state index in [0.717, 1.165) is 50.2 Å². The molecule has 10 aromatic carbocycles. The van der Waals surface area contributed by atoms with Crippen LogP contribution in [0.3, 0.4) is 0 Å². The molecule has 0 aliphatic rings. The first-order valence-corrected chi connectivity index (χ1v) is 23.0. The number of nitrogens with zero attached hydrogens (tertiary/aromatic N) is 5. The average molecular weight is 868 g/mol. The van der Waals surface area contributed by atoms with E-state index in [1.807, 2.05) is 60.7 Å². The molecule has 0 spiro atoms. The second-order valence-electron chi connectivity index (χ2n) is 17.3. The van der Waals surface area contributed by atoms with Crippen LogP contribution < -0.4 is 0 Å². The molecule has 5 heteroatoms. The second-order valence-corrected chi connectivity index (χ2v) is 17.3. The van der Waals surface area contributed by atoms with Gasteiger partial charge >= 0.3 is 0 Å². The van der Waals surface area contributed by atoms with Gasteiger partial charge in [-0.05, 0) is 106 Å². The summed E-state index contributed by atoms with van der Waals surface area (Å²) in [5, 5.41) is 4.80. The fourth-order valence-corrected chi connectivity index (χ4v) is 9.88. The Bertz CT molecular complexity index is 3930. The molecule has 0 radical (unpaired) electrons. The fraction of sp³-hybridized carbons (Fsp3) is 0. The molecule has 3 heterocycles. The van der Waals surface area contributed by atoms with E-state index in [0.29, 0.717) is 17.5 Å². The highest BCUT2D eigenvalue weighted by atomic mass is 15.0. The average Bonchev–Trinajstić information content (AvgIpc) is 3.93. The normalized spacial score (nSPS) is 11.5. The molecule has 0 atom stereocenters. The molecule has 5 nitrogen and oxygen atoms in total. The Morgan fingerprint density at radius 3 is 0.897 bits per heavy atom. The van der Waals surface area contributed by atoms with Gasteiger partial charge in [0.05, 0.1) is 22.1 Å². The minimum absolute atomic E-state index is 0.619. The van der Waals surface area contributed by atoms with Gasteiger partial charge in [-0.3, -0.25) is 0 Å². The van der Waals surface area contributed by atoms with Crippen molar-refractivity contribution in [3.8, 4) is 78.9 Å². The topological polar surface area (TPSA) is 48.5 Å². The molecule has 0 amide bonds. The van der Waals surface area contributed by atoms with Crippen LogP contribution in [-0.4, -0.2) is 24.1 Å². The van der Waals surface area contributed by atoms with Crippen LogP contribution in [0.5, 0.6) is 0 Å². The van der Waals surface area contributed by atoms with Gasteiger partial charge in [0.2, 0.25) is 0 Å². The maximum Gasteiger partial charge on any atom is 0.164 e. The molecule has 0 saturated heterocycles. The number of hydrogen-bond donors (Lipinski definition) is 0. The van der Waals surface area contributed by atoms with Gasteiger partial charge in [0.1, 0.15) is 0 Å². The van der Waals surface area contributed by atoms with Gasteiger partial charge in [-0.1, -0.05) is 176 Å². The van der Waals surface area contributed by atoms with E-state index in [4.69, 9.17) is 15.0 Å². The van der Waals surface area contributed by atoms with Crippen molar-refractivity contribution in [3.63, 3.8) is 0 Å². The summed E-state index contributed by atoms with van der Waals surface area (Å²) in [5.41, 5.74) is 16.6. The third-order valence-electron chi connectivity index (χ3n) is 13.2. The first-order chi connectivity index (χ1) is 33.7. The van der Waals surface area contributed by atoms with Gasteiger partial charge in [-0.15, -0.1) is 0 Å². The van der Waals surface area contributed by atoms with Crippen LogP contribution in [0, 0.1) is 0 Å². The standard InChI is InChI=1S/C63H41N5/c1-6-17-42(18-7-1)46-29-33-57-53(38-46)55-40-48(31-35-58(55)67(57)51-26-14-5-15-27-51)49-32-36-60-56(41-49)54-39-47(43-19-8-2-9-20-43)30-34-59(54)68(60)52-28-16-25-50(37-52)63-65-61(44-21-10-3-11-22-44)64-62(66-63)45-23-12-4-13-24-45/h1-41H. The maximum atomic E-state index is 5.08. The Labute approximate surface area is 393 Å². The van der Waals surface area contributed by atoms with Crippen LogP contribution in [-0.2, 0) is 0 Å². The largest absolute Gasteiger partial charge is 0.309 e. The van der Waals surface area contributed by atoms with Crippen molar-refractivity contribution < 1.29 is 0 Å². The van der Waals surface area contributed by atoms with Gasteiger partial charge in [0.15, 0.2) is 17.5 Å². The Morgan fingerprint density at radius 1 is 0.206 bits per heavy atom. The molecule has 0 aliphatic carbocycles. The summed E-state index contributed by atoms with van der Waals surface area (Å²) in [4.78, 5) is 15.1. The zero-order valence-corrected chi connectivity index (χ0v) is 36.9. The smallest absolute Gasteiger partial charge is 0.164 e. The lowest BCUT2D eigenvalue weighted by Crippen LogP contribution is -2.01. The van der Waals surface area contributed by atoms with Gasteiger partial charge in [0.25, 0.3) is 0 Å². The van der Waals surface area contributed by atoms with Crippen molar-refractivity contribution in [2.45, 2.75) is 0 Å². The lowest BCUT2D eigenvalue weighted by molar-refractivity contribution is 1.07. The number of rotatable bonds is 8. The Kier molecular flexibility index (Phi) is 9.43. The first kappa shape index (κ1) is 39.2. The summed E-state index contributed by atoms with van der Waals surface area (Å²) in [6.07, 6.45) is 0. The van der Waals surface area contributed by atoms with E-state index in [9.17, 15) is 0 Å². The highest BCUT2D eigenvalue weighted by Gasteiger charge is 2.19. The number of aromatic nitrogens is 5. The van der Waals surface area contributed by atoms with Crippen molar-refractivity contribution in [1.82, 2.24) is 24.1 Å². The highest BCUT2D eigenvalue weighted by Crippen LogP contribution is 2.41. The summed E-state index contributed by atoms with van der Waals surface area (Å²) < 4.78 is 4.77.